The minimum Gasteiger partial charge on any atom is -0.319 e. The Morgan fingerprint density at radius 1 is 1.24 bits per heavy atom. The van der Waals surface area contributed by atoms with Gasteiger partial charge in [-0.1, -0.05) is 18.5 Å². The maximum absolute atomic E-state index is 6.43. The molecular weight excluding hydrogens is 286 g/mol. The monoisotopic (exact) mass is 309 g/mol. The predicted octanol–water partition coefficient (Wildman–Crippen LogP) is 2.26. The van der Waals surface area contributed by atoms with E-state index >= 15 is 0 Å². The molecule has 2 rings (SSSR count). The summed E-state index contributed by atoms with van der Waals surface area (Å²) < 4.78 is 3.90. The Bertz CT molecular complexity index is 627. The summed E-state index contributed by atoms with van der Waals surface area (Å²) in [4.78, 5) is 0. The van der Waals surface area contributed by atoms with Gasteiger partial charge >= 0.3 is 0 Å². The second kappa shape index (κ2) is 6.62. The SMILES string of the molecule is CCc1nn(C)c(Cn2nc(C)c(CCNC)c2C)c1Cl. The lowest BCUT2D eigenvalue weighted by Crippen LogP contribution is -2.12. The van der Waals surface area contributed by atoms with Crippen LogP contribution in [0.2, 0.25) is 5.02 Å². The fraction of sp³-hybridized carbons (Fsp3) is 0.600. The number of hydrogen-bond acceptors (Lipinski definition) is 3. The average molecular weight is 310 g/mol. The molecule has 0 amide bonds. The van der Waals surface area contributed by atoms with Gasteiger partial charge in [0.2, 0.25) is 0 Å². The highest BCUT2D eigenvalue weighted by Crippen LogP contribution is 2.23. The van der Waals surface area contributed by atoms with Crippen molar-refractivity contribution in [1.29, 1.82) is 0 Å². The molecule has 116 valence electrons. The van der Waals surface area contributed by atoms with Gasteiger partial charge in [0.05, 0.1) is 28.6 Å². The lowest BCUT2D eigenvalue weighted by atomic mass is 10.1. The van der Waals surface area contributed by atoms with Gasteiger partial charge < -0.3 is 5.32 Å². The van der Waals surface area contributed by atoms with Crippen molar-refractivity contribution in [3.8, 4) is 0 Å². The zero-order chi connectivity index (χ0) is 15.6. The van der Waals surface area contributed by atoms with Crippen molar-refractivity contribution in [3.05, 3.63) is 33.4 Å². The summed E-state index contributed by atoms with van der Waals surface area (Å²) in [7, 11) is 3.91. The molecule has 0 aliphatic rings. The number of nitrogens with zero attached hydrogens (tertiary/aromatic N) is 4. The number of aryl methyl sites for hydroxylation is 3. The van der Waals surface area contributed by atoms with Crippen molar-refractivity contribution >= 4 is 11.6 Å². The van der Waals surface area contributed by atoms with Gasteiger partial charge in [0, 0.05) is 12.7 Å². The van der Waals surface area contributed by atoms with Crippen LogP contribution in [-0.2, 0) is 26.4 Å². The first kappa shape index (κ1) is 16.0. The van der Waals surface area contributed by atoms with Crippen LogP contribution in [0.25, 0.3) is 0 Å². The average Bonchev–Trinajstić information content (AvgIpc) is 2.88. The molecule has 0 fully saturated rings. The van der Waals surface area contributed by atoms with Crippen LogP contribution >= 0.6 is 11.6 Å². The van der Waals surface area contributed by atoms with Crippen molar-refractivity contribution in [2.24, 2.45) is 7.05 Å². The van der Waals surface area contributed by atoms with E-state index in [1.165, 1.54) is 11.3 Å². The van der Waals surface area contributed by atoms with Crippen LogP contribution in [0.1, 0.15) is 35.3 Å². The first-order valence-electron chi connectivity index (χ1n) is 7.37. The Morgan fingerprint density at radius 2 is 1.95 bits per heavy atom. The molecule has 0 saturated heterocycles. The third kappa shape index (κ3) is 3.14. The largest absolute Gasteiger partial charge is 0.319 e. The third-order valence-corrected chi connectivity index (χ3v) is 4.40. The molecule has 2 aromatic heterocycles. The van der Waals surface area contributed by atoms with Gasteiger partial charge in [-0.25, -0.2) is 0 Å². The van der Waals surface area contributed by atoms with E-state index in [0.717, 1.165) is 41.5 Å². The minimum atomic E-state index is 0.661. The molecule has 6 heteroatoms. The van der Waals surface area contributed by atoms with Crippen molar-refractivity contribution in [2.45, 2.75) is 40.2 Å². The minimum absolute atomic E-state index is 0.661. The molecule has 0 bridgehead atoms. The summed E-state index contributed by atoms with van der Waals surface area (Å²) in [6.07, 6.45) is 1.84. The smallest absolute Gasteiger partial charge is 0.0869 e. The van der Waals surface area contributed by atoms with Crippen molar-refractivity contribution in [2.75, 3.05) is 13.6 Å². The van der Waals surface area contributed by atoms with E-state index in [4.69, 9.17) is 11.6 Å². The van der Waals surface area contributed by atoms with Gasteiger partial charge in [0.25, 0.3) is 0 Å². The second-order valence-electron chi connectivity index (χ2n) is 5.35. The fourth-order valence-corrected chi connectivity index (χ4v) is 2.99. The van der Waals surface area contributed by atoms with Crippen molar-refractivity contribution < 1.29 is 0 Å². The van der Waals surface area contributed by atoms with Gasteiger partial charge in [-0.2, -0.15) is 10.2 Å². The van der Waals surface area contributed by atoms with Crippen molar-refractivity contribution in [3.63, 3.8) is 0 Å². The van der Waals surface area contributed by atoms with E-state index in [1.54, 1.807) is 0 Å². The van der Waals surface area contributed by atoms with E-state index in [0.29, 0.717) is 6.54 Å². The molecule has 1 N–H and O–H groups in total. The molecule has 2 aromatic rings. The number of nitrogens with one attached hydrogen (secondary N) is 1. The van der Waals surface area contributed by atoms with Crippen LogP contribution in [0.4, 0.5) is 0 Å². The molecular formula is C15H24ClN5. The predicted molar refractivity (Wildman–Crippen MR) is 86.0 cm³/mol. The molecule has 21 heavy (non-hydrogen) atoms. The zero-order valence-corrected chi connectivity index (χ0v) is 14.3. The molecule has 0 aliphatic carbocycles. The lowest BCUT2D eigenvalue weighted by Gasteiger charge is -2.07. The highest BCUT2D eigenvalue weighted by Gasteiger charge is 2.17. The third-order valence-electron chi connectivity index (χ3n) is 3.96. The van der Waals surface area contributed by atoms with Gasteiger partial charge in [0.15, 0.2) is 0 Å². The summed E-state index contributed by atoms with van der Waals surface area (Å²) in [5.41, 5.74) is 5.58. The van der Waals surface area contributed by atoms with Gasteiger partial charge in [-0.05, 0) is 45.8 Å². The summed E-state index contributed by atoms with van der Waals surface area (Å²) in [6, 6.07) is 0. The normalized spacial score (nSPS) is 11.3. The molecule has 0 unspecified atom stereocenters. The van der Waals surface area contributed by atoms with Crippen LogP contribution in [-0.4, -0.2) is 33.2 Å². The Hall–Kier alpha value is -1.33. The Kier molecular flexibility index (Phi) is 5.06. The second-order valence-corrected chi connectivity index (χ2v) is 5.72. The van der Waals surface area contributed by atoms with E-state index in [1.807, 2.05) is 23.5 Å². The summed E-state index contributed by atoms with van der Waals surface area (Å²) >= 11 is 6.43. The van der Waals surface area contributed by atoms with Gasteiger partial charge in [-0.3, -0.25) is 9.36 Å². The van der Waals surface area contributed by atoms with Crippen LogP contribution in [0.15, 0.2) is 0 Å². The Morgan fingerprint density at radius 3 is 2.52 bits per heavy atom. The van der Waals surface area contributed by atoms with Crippen LogP contribution in [0, 0.1) is 13.8 Å². The molecule has 0 aliphatic heterocycles. The quantitative estimate of drug-likeness (QED) is 0.890. The first-order valence-corrected chi connectivity index (χ1v) is 7.75. The zero-order valence-electron chi connectivity index (χ0n) is 13.5. The van der Waals surface area contributed by atoms with Crippen molar-refractivity contribution in [1.82, 2.24) is 24.9 Å². The van der Waals surface area contributed by atoms with E-state index in [9.17, 15) is 0 Å². The molecule has 5 nitrogen and oxygen atoms in total. The fourth-order valence-electron chi connectivity index (χ4n) is 2.63. The number of aromatic nitrogens is 4. The van der Waals surface area contributed by atoms with Gasteiger partial charge in [-0.15, -0.1) is 0 Å². The molecule has 0 radical (unpaired) electrons. The maximum atomic E-state index is 6.43. The number of hydrogen-bond donors (Lipinski definition) is 1. The molecule has 0 spiro atoms. The molecule has 2 heterocycles. The standard InChI is InChI=1S/C15H24ClN5/c1-6-13-15(16)14(20(5)19-13)9-21-11(3)12(7-8-17-4)10(2)18-21/h17H,6-9H2,1-5H3. The summed E-state index contributed by atoms with van der Waals surface area (Å²) in [6.45, 7) is 7.87. The molecule has 0 aromatic carbocycles. The maximum Gasteiger partial charge on any atom is 0.0869 e. The summed E-state index contributed by atoms with van der Waals surface area (Å²) in [5, 5.41) is 13.1. The number of rotatable bonds is 6. The summed E-state index contributed by atoms with van der Waals surface area (Å²) in [5.74, 6) is 0. The van der Waals surface area contributed by atoms with E-state index in [-0.39, 0.29) is 0 Å². The van der Waals surface area contributed by atoms with E-state index < -0.39 is 0 Å². The topological polar surface area (TPSA) is 47.7 Å². The Labute approximate surface area is 131 Å². The van der Waals surface area contributed by atoms with Gasteiger partial charge in [0.1, 0.15) is 0 Å². The van der Waals surface area contributed by atoms with Crippen LogP contribution in [0.5, 0.6) is 0 Å². The lowest BCUT2D eigenvalue weighted by molar-refractivity contribution is 0.602. The van der Waals surface area contributed by atoms with Crippen LogP contribution < -0.4 is 5.32 Å². The molecule has 0 atom stereocenters. The van der Waals surface area contributed by atoms with Crippen LogP contribution in [0.3, 0.4) is 0 Å². The highest BCUT2D eigenvalue weighted by atomic mass is 35.5. The Balaban J connectivity index is 2.30. The first-order chi connectivity index (χ1) is 9.99. The van der Waals surface area contributed by atoms with E-state index in [2.05, 4.69) is 36.3 Å². The molecule has 0 saturated carbocycles. The number of likely N-dealkylation sites (N-methyl/N-ethyl adjacent to an activating group) is 1. The number of halogens is 1. The highest BCUT2D eigenvalue weighted by molar-refractivity contribution is 6.31.